The maximum Gasteiger partial charge on any atom is 0.337 e. The van der Waals surface area contributed by atoms with Crippen molar-refractivity contribution >= 4 is 14.3 Å². The van der Waals surface area contributed by atoms with E-state index in [9.17, 15) is 9.90 Å². The lowest BCUT2D eigenvalue weighted by molar-refractivity contribution is 0.0600. The highest BCUT2D eigenvalue weighted by Gasteiger charge is 2.36. The first-order valence-corrected chi connectivity index (χ1v) is 10.2. The van der Waals surface area contributed by atoms with E-state index in [2.05, 4.69) is 38.6 Å². The van der Waals surface area contributed by atoms with Crippen LogP contribution in [0.15, 0.2) is 18.2 Å². The van der Waals surface area contributed by atoms with E-state index < -0.39 is 14.3 Å². The normalized spacial score (nSPS) is 12.1. The van der Waals surface area contributed by atoms with Crippen LogP contribution in [0, 0.1) is 0 Å². The molecule has 124 valence electrons. The Kier molecular flexibility index (Phi) is 6.02. The predicted octanol–water partition coefficient (Wildman–Crippen LogP) is 3.58. The number of carbonyl (C=O) groups excluding carboxylic acids is 1. The van der Waals surface area contributed by atoms with Crippen LogP contribution in [0.1, 0.15) is 31.1 Å². The SMILES string of the molecule is COC(=O)c1ccc(O)c(OCCO[Si](C)(C)C(C)(C)C)c1. The summed E-state index contributed by atoms with van der Waals surface area (Å²) in [6.45, 7) is 11.6. The third-order valence-corrected chi connectivity index (χ3v) is 8.53. The van der Waals surface area contributed by atoms with Crippen LogP contribution in [0.4, 0.5) is 0 Å². The Morgan fingerprint density at radius 3 is 2.41 bits per heavy atom. The largest absolute Gasteiger partial charge is 0.504 e. The molecule has 0 aliphatic carbocycles. The highest BCUT2D eigenvalue weighted by Crippen LogP contribution is 2.36. The molecule has 0 aromatic heterocycles. The van der Waals surface area contributed by atoms with Gasteiger partial charge in [-0.3, -0.25) is 0 Å². The number of methoxy groups -OCH3 is 1. The summed E-state index contributed by atoms with van der Waals surface area (Å²) in [5.41, 5.74) is 0.334. The summed E-state index contributed by atoms with van der Waals surface area (Å²) < 4.78 is 16.2. The average Bonchev–Trinajstić information content (AvgIpc) is 2.43. The van der Waals surface area contributed by atoms with Gasteiger partial charge in [0, 0.05) is 0 Å². The Morgan fingerprint density at radius 2 is 1.86 bits per heavy atom. The van der Waals surface area contributed by atoms with Gasteiger partial charge in [-0.25, -0.2) is 4.79 Å². The zero-order valence-electron chi connectivity index (χ0n) is 14.2. The minimum absolute atomic E-state index is 0.0139. The molecule has 1 N–H and O–H groups in total. The number of esters is 1. The number of carbonyl (C=O) groups is 1. The molecular weight excluding hydrogens is 300 g/mol. The molecule has 0 saturated carbocycles. The zero-order valence-corrected chi connectivity index (χ0v) is 15.2. The van der Waals surface area contributed by atoms with Gasteiger partial charge in [0.1, 0.15) is 6.61 Å². The number of aromatic hydroxyl groups is 1. The molecule has 0 fully saturated rings. The second-order valence-electron chi connectivity index (χ2n) is 6.63. The molecule has 1 aromatic rings. The molecule has 0 amide bonds. The van der Waals surface area contributed by atoms with E-state index in [4.69, 9.17) is 9.16 Å². The van der Waals surface area contributed by atoms with Crippen LogP contribution in [-0.2, 0) is 9.16 Å². The fourth-order valence-corrected chi connectivity index (χ4v) is 2.57. The second-order valence-corrected chi connectivity index (χ2v) is 11.4. The van der Waals surface area contributed by atoms with E-state index in [0.717, 1.165) is 0 Å². The van der Waals surface area contributed by atoms with Crippen molar-refractivity contribution in [2.75, 3.05) is 20.3 Å². The summed E-state index contributed by atoms with van der Waals surface area (Å²) >= 11 is 0. The molecule has 1 rings (SSSR count). The Labute approximate surface area is 133 Å². The minimum atomic E-state index is -1.81. The van der Waals surface area contributed by atoms with Crippen LogP contribution in [0.2, 0.25) is 18.1 Å². The number of ether oxygens (including phenoxy) is 2. The van der Waals surface area contributed by atoms with Gasteiger partial charge in [-0.2, -0.15) is 0 Å². The number of hydrogen-bond acceptors (Lipinski definition) is 5. The van der Waals surface area contributed by atoms with Gasteiger partial charge >= 0.3 is 5.97 Å². The number of phenolic OH excluding ortho intramolecular Hbond substituents is 1. The second kappa shape index (κ2) is 7.15. The van der Waals surface area contributed by atoms with Crippen molar-refractivity contribution in [3.05, 3.63) is 23.8 Å². The molecule has 0 radical (unpaired) electrons. The fourth-order valence-electron chi connectivity index (χ4n) is 1.54. The molecule has 6 heteroatoms. The Bertz CT molecular complexity index is 520. The van der Waals surface area contributed by atoms with E-state index in [1.165, 1.54) is 25.3 Å². The Hall–Kier alpha value is -1.53. The third kappa shape index (κ3) is 4.74. The highest BCUT2D eigenvalue weighted by molar-refractivity contribution is 6.74. The van der Waals surface area contributed by atoms with Gasteiger partial charge in [-0.15, -0.1) is 0 Å². The number of benzene rings is 1. The highest BCUT2D eigenvalue weighted by atomic mass is 28.4. The van der Waals surface area contributed by atoms with Gasteiger partial charge in [-0.05, 0) is 36.3 Å². The minimum Gasteiger partial charge on any atom is -0.504 e. The third-order valence-electron chi connectivity index (χ3n) is 3.99. The number of phenols is 1. The molecular formula is C16H26O5Si. The van der Waals surface area contributed by atoms with E-state index in [0.29, 0.717) is 18.8 Å². The molecule has 1 aromatic carbocycles. The van der Waals surface area contributed by atoms with Crippen molar-refractivity contribution < 1.29 is 23.8 Å². The average molecular weight is 326 g/mol. The summed E-state index contributed by atoms with van der Waals surface area (Å²) in [5.74, 6) is -0.232. The molecule has 22 heavy (non-hydrogen) atoms. The van der Waals surface area contributed by atoms with Crippen molar-refractivity contribution in [2.45, 2.75) is 38.9 Å². The Balaban J connectivity index is 2.60. The van der Waals surface area contributed by atoms with Crippen LogP contribution < -0.4 is 4.74 Å². The van der Waals surface area contributed by atoms with Crippen LogP contribution in [0.3, 0.4) is 0 Å². The molecule has 0 bridgehead atoms. The topological polar surface area (TPSA) is 65.0 Å². The molecule has 0 aliphatic heterocycles. The van der Waals surface area contributed by atoms with Crippen LogP contribution in [-0.4, -0.2) is 39.7 Å². The first-order chi connectivity index (χ1) is 10.1. The molecule has 0 saturated heterocycles. The van der Waals surface area contributed by atoms with Gasteiger partial charge in [0.15, 0.2) is 19.8 Å². The lowest BCUT2D eigenvalue weighted by atomic mass is 10.2. The molecule has 0 heterocycles. The standard InChI is InChI=1S/C16H26O5Si/c1-16(2,3)22(5,6)21-10-9-20-14-11-12(15(18)19-4)7-8-13(14)17/h7-8,11,17H,9-10H2,1-6H3. The van der Waals surface area contributed by atoms with Crippen molar-refractivity contribution in [3.8, 4) is 11.5 Å². The van der Waals surface area contributed by atoms with Crippen molar-refractivity contribution in [1.29, 1.82) is 0 Å². The molecule has 0 atom stereocenters. The smallest absolute Gasteiger partial charge is 0.337 e. The van der Waals surface area contributed by atoms with Gasteiger partial charge in [0.25, 0.3) is 0 Å². The fraction of sp³-hybridized carbons (Fsp3) is 0.562. The molecule has 0 unspecified atom stereocenters. The Morgan fingerprint density at radius 1 is 1.23 bits per heavy atom. The number of hydrogen-bond donors (Lipinski definition) is 1. The van der Waals surface area contributed by atoms with E-state index in [-0.39, 0.29) is 16.5 Å². The zero-order chi connectivity index (χ0) is 17.0. The van der Waals surface area contributed by atoms with E-state index >= 15 is 0 Å². The number of rotatable bonds is 6. The van der Waals surface area contributed by atoms with Crippen molar-refractivity contribution in [2.24, 2.45) is 0 Å². The first kappa shape index (κ1) is 18.5. The first-order valence-electron chi connectivity index (χ1n) is 7.26. The molecule has 0 aliphatic rings. The quantitative estimate of drug-likeness (QED) is 0.492. The van der Waals surface area contributed by atoms with Crippen LogP contribution in [0.25, 0.3) is 0 Å². The summed E-state index contributed by atoms with van der Waals surface area (Å²) in [7, 11) is -0.500. The summed E-state index contributed by atoms with van der Waals surface area (Å²) in [6.07, 6.45) is 0. The maximum atomic E-state index is 11.5. The molecule has 5 nitrogen and oxygen atoms in total. The van der Waals surface area contributed by atoms with Gasteiger partial charge in [0.05, 0.1) is 19.3 Å². The lowest BCUT2D eigenvalue weighted by Gasteiger charge is -2.36. The lowest BCUT2D eigenvalue weighted by Crippen LogP contribution is -2.41. The van der Waals surface area contributed by atoms with Crippen molar-refractivity contribution in [1.82, 2.24) is 0 Å². The van der Waals surface area contributed by atoms with Gasteiger partial charge < -0.3 is 19.0 Å². The van der Waals surface area contributed by atoms with Crippen LogP contribution >= 0.6 is 0 Å². The monoisotopic (exact) mass is 326 g/mol. The maximum absolute atomic E-state index is 11.5. The summed E-state index contributed by atoms with van der Waals surface area (Å²) in [4.78, 5) is 11.5. The van der Waals surface area contributed by atoms with Crippen molar-refractivity contribution in [3.63, 3.8) is 0 Å². The summed E-state index contributed by atoms with van der Waals surface area (Å²) in [5, 5.41) is 9.91. The summed E-state index contributed by atoms with van der Waals surface area (Å²) in [6, 6.07) is 4.37. The van der Waals surface area contributed by atoms with Crippen LogP contribution in [0.5, 0.6) is 11.5 Å². The van der Waals surface area contributed by atoms with E-state index in [1.54, 1.807) is 0 Å². The molecule has 0 spiro atoms. The van der Waals surface area contributed by atoms with E-state index in [1.807, 2.05) is 0 Å². The van der Waals surface area contributed by atoms with Gasteiger partial charge in [0.2, 0.25) is 0 Å². The predicted molar refractivity (Wildman–Crippen MR) is 88.1 cm³/mol. The van der Waals surface area contributed by atoms with Gasteiger partial charge in [-0.1, -0.05) is 20.8 Å².